The molecule has 2 aliphatic heterocycles. The second-order valence-corrected chi connectivity index (χ2v) is 7.76. The second-order valence-electron chi connectivity index (χ2n) is 7.76. The van der Waals surface area contributed by atoms with E-state index in [9.17, 15) is 22.4 Å². The summed E-state index contributed by atoms with van der Waals surface area (Å²) in [5.41, 5.74) is -0.538. The van der Waals surface area contributed by atoms with Gasteiger partial charge in [-0.2, -0.15) is 28.2 Å². The highest BCUT2D eigenvalue weighted by atomic mass is 19.4. The minimum absolute atomic E-state index is 0.123. The van der Waals surface area contributed by atoms with Crippen molar-refractivity contribution in [1.82, 2.24) is 29.9 Å². The quantitative estimate of drug-likeness (QED) is 0.575. The monoisotopic (exact) mass is 447 g/mol. The first-order valence-corrected chi connectivity index (χ1v) is 9.92. The molecule has 4 heterocycles. The number of piperidine rings is 1. The zero-order valence-corrected chi connectivity index (χ0v) is 16.6. The van der Waals surface area contributed by atoms with Crippen LogP contribution in [0.1, 0.15) is 22.5 Å². The molecule has 2 unspecified atom stereocenters. The Morgan fingerprint density at radius 3 is 2.59 bits per heavy atom. The topological polar surface area (TPSA) is 80.0 Å². The van der Waals surface area contributed by atoms with Gasteiger partial charge in [0.1, 0.15) is 23.7 Å². The lowest BCUT2D eigenvalue weighted by molar-refractivity contribution is -0.141. The molecule has 1 aromatic carbocycles. The average molecular weight is 447 g/mol. The Morgan fingerprint density at radius 1 is 1.06 bits per heavy atom. The molecule has 0 radical (unpaired) electrons. The fraction of sp³-hybridized carbons (Fsp3) is 0.350. The Morgan fingerprint density at radius 2 is 1.84 bits per heavy atom. The molecule has 2 saturated heterocycles. The van der Waals surface area contributed by atoms with Gasteiger partial charge in [-0.1, -0.05) is 0 Å². The highest BCUT2D eigenvalue weighted by Gasteiger charge is 2.46. The summed E-state index contributed by atoms with van der Waals surface area (Å²) in [6.45, 7) is 1.35. The van der Waals surface area contributed by atoms with Crippen molar-refractivity contribution < 1.29 is 22.4 Å². The van der Waals surface area contributed by atoms with Gasteiger partial charge in [-0.15, -0.1) is 0 Å². The molecule has 1 amide bonds. The van der Waals surface area contributed by atoms with Gasteiger partial charge in [-0.25, -0.2) is 14.4 Å². The standard InChI is InChI=1S/C20H17F4N7O/c21-13-1-2-15(31-27-4-5-28-31)14(7-13)19(32)30-9-12-3-6-29(10-16(12)30)18-8-17(20(22,23)24)25-11-26-18/h1-2,4-5,7-8,11-12,16H,3,6,9-10H2. The minimum Gasteiger partial charge on any atom is -0.354 e. The van der Waals surface area contributed by atoms with E-state index in [0.29, 0.717) is 31.7 Å². The average Bonchev–Trinajstić information content (AvgIpc) is 3.28. The van der Waals surface area contributed by atoms with Crippen molar-refractivity contribution in [2.45, 2.75) is 18.6 Å². The number of benzene rings is 1. The van der Waals surface area contributed by atoms with Crippen molar-refractivity contribution in [3.8, 4) is 5.69 Å². The van der Waals surface area contributed by atoms with E-state index < -0.39 is 17.7 Å². The maximum absolute atomic E-state index is 14.0. The lowest BCUT2D eigenvalue weighted by Crippen LogP contribution is -2.66. The van der Waals surface area contributed by atoms with Crippen LogP contribution in [0.4, 0.5) is 23.4 Å². The highest BCUT2D eigenvalue weighted by molar-refractivity contribution is 5.98. The molecule has 2 fully saturated rings. The summed E-state index contributed by atoms with van der Waals surface area (Å²) in [7, 11) is 0. The molecule has 0 saturated carbocycles. The summed E-state index contributed by atoms with van der Waals surface area (Å²) in [6, 6.07) is 4.51. The van der Waals surface area contributed by atoms with Crippen molar-refractivity contribution >= 4 is 11.7 Å². The molecular weight excluding hydrogens is 430 g/mol. The fourth-order valence-corrected chi connectivity index (χ4v) is 4.26. The van der Waals surface area contributed by atoms with E-state index in [4.69, 9.17) is 0 Å². The number of hydrogen-bond acceptors (Lipinski definition) is 6. The number of nitrogens with zero attached hydrogens (tertiary/aromatic N) is 7. The fourth-order valence-electron chi connectivity index (χ4n) is 4.26. The van der Waals surface area contributed by atoms with E-state index in [1.807, 2.05) is 0 Å². The summed E-state index contributed by atoms with van der Waals surface area (Å²) in [5, 5.41) is 8.04. The van der Waals surface area contributed by atoms with Crippen molar-refractivity contribution in [3.05, 3.63) is 60.1 Å². The molecule has 2 atom stereocenters. The molecule has 3 aromatic rings. The van der Waals surface area contributed by atoms with Crippen LogP contribution in [-0.4, -0.2) is 61.4 Å². The van der Waals surface area contributed by atoms with Gasteiger partial charge in [-0.3, -0.25) is 4.79 Å². The van der Waals surface area contributed by atoms with E-state index >= 15 is 0 Å². The number of halogens is 4. The first-order valence-electron chi connectivity index (χ1n) is 9.92. The Kier molecular flexibility index (Phi) is 4.79. The minimum atomic E-state index is -4.57. The predicted molar refractivity (Wildman–Crippen MR) is 103 cm³/mol. The molecule has 12 heteroatoms. The molecule has 0 aliphatic carbocycles. The van der Waals surface area contributed by atoms with E-state index in [-0.39, 0.29) is 29.2 Å². The van der Waals surface area contributed by atoms with Crippen LogP contribution in [0, 0.1) is 11.7 Å². The van der Waals surface area contributed by atoms with Crippen LogP contribution in [0.25, 0.3) is 5.69 Å². The Balaban J connectivity index is 1.38. The van der Waals surface area contributed by atoms with Crippen LogP contribution in [0.3, 0.4) is 0 Å². The molecule has 8 nitrogen and oxygen atoms in total. The number of rotatable bonds is 3. The van der Waals surface area contributed by atoms with Gasteiger partial charge in [0.15, 0.2) is 0 Å². The molecule has 166 valence electrons. The molecule has 2 aromatic heterocycles. The van der Waals surface area contributed by atoms with Crippen molar-refractivity contribution in [2.24, 2.45) is 5.92 Å². The zero-order valence-electron chi connectivity index (χ0n) is 16.6. The first-order chi connectivity index (χ1) is 15.3. The number of aromatic nitrogens is 5. The Bertz CT molecular complexity index is 1150. The number of carbonyl (C=O) groups excluding carboxylic acids is 1. The van der Waals surface area contributed by atoms with E-state index in [0.717, 1.165) is 18.5 Å². The molecule has 0 bridgehead atoms. The number of likely N-dealkylation sites (tertiary alicyclic amines) is 1. The van der Waals surface area contributed by atoms with Crippen LogP contribution >= 0.6 is 0 Å². The number of alkyl halides is 3. The van der Waals surface area contributed by atoms with Gasteiger partial charge in [0.25, 0.3) is 5.91 Å². The second kappa shape index (κ2) is 7.53. The molecule has 32 heavy (non-hydrogen) atoms. The van der Waals surface area contributed by atoms with Crippen LogP contribution in [-0.2, 0) is 6.18 Å². The predicted octanol–water partition coefficient (Wildman–Crippen LogP) is 2.57. The summed E-state index contributed by atoms with van der Waals surface area (Å²) in [4.78, 5) is 25.2. The van der Waals surface area contributed by atoms with Gasteiger partial charge in [0, 0.05) is 31.6 Å². The molecular formula is C20H17F4N7O. The van der Waals surface area contributed by atoms with Crippen molar-refractivity contribution in [2.75, 3.05) is 24.5 Å². The third-order valence-corrected chi connectivity index (χ3v) is 5.90. The summed E-state index contributed by atoms with van der Waals surface area (Å²) in [5.74, 6) is -0.554. The maximum atomic E-state index is 14.0. The number of anilines is 1. The molecule has 2 aliphatic rings. The smallest absolute Gasteiger partial charge is 0.354 e. The van der Waals surface area contributed by atoms with Gasteiger partial charge in [0.05, 0.1) is 29.7 Å². The van der Waals surface area contributed by atoms with Crippen LogP contribution in [0.15, 0.2) is 43.0 Å². The largest absolute Gasteiger partial charge is 0.433 e. The maximum Gasteiger partial charge on any atom is 0.433 e. The summed E-state index contributed by atoms with van der Waals surface area (Å²) >= 11 is 0. The summed E-state index contributed by atoms with van der Waals surface area (Å²) in [6.07, 6.45) is -0.0657. The lowest BCUT2D eigenvalue weighted by atomic mass is 9.81. The van der Waals surface area contributed by atoms with E-state index in [1.54, 1.807) is 9.80 Å². The van der Waals surface area contributed by atoms with E-state index in [1.165, 1.54) is 29.3 Å². The van der Waals surface area contributed by atoms with Crippen molar-refractivity contribution in [3.63, 3.8) is 0 Å². The number of amides is 1. The van der Waals surface area contributed by atoms with Gasteiger partial charge >= 0.3 is 6.18 Å². The van der Waals surface area contributed by atoms with E-state index in [2.05, 4.69) is 20.2 Å². The zero-order chi connectivity index (χ0) is 22.5. The molecule has 5 rings (SSSR count). The number of fused-ring (bicyclic) bond motifs is 1. The summed E-state index contributed by atoms with van der Waals surface area (Å²) < 4.78 is 53.0. The molecule has 0 spiro atoms. The Labute approximate surface area is 179 Å². The van der Waals surface area contributed by atoms with Gasteiger partial charge in [-0.05, 0) is 24.6 Å². The third-order valence-electron chi connectivity index (χ3n) is 5.90. The van der Waals surface area contributed by atoms with Crippen LogP contribution < -0.4 is 4.90 Å². The van der Waals surface area contributed by atoms with Gasteiger partial charge in [0.2, 0.25) is 0 Å². The highest BCUT2D eigenvalue weighted by Crippen LogP contribution is 2.36. The van der Waals surface area contributed by atoms with Crippen molar-refractivity contribution in [1.29, 1.82) is 0 Å². The Hall–Kier alpha value is -3.57. The number of hydrogen-bond donors (Lipinski definition) is 0. The normalized spacial score (nSPS) is 20.6. The SMILES string of the molecule is O=C(c1cc(F)ccc1-n1nccn1)N1CC2CCN(c3cc(C(F)(F)F)ncn3)CC21. The third kappa shape index (κ3) is 3.55. The first kappa shape index (κ1) is 20.3. The van der Waals surface area contributed by atoms with Gasteiger partial charge < -0.3 is 9.80 Å². The molecule has 0 N–H and O–H groups in total. The lowest BCUT2D eigenvalue weighted by Gasteiger charge is -2.53. The number of carbonyl (C=O) groups is 1. The van der Waals surface area contributed by atoms with Crippen LogP contribution in [0.5, 0.6) is 0 Å². The van der Waals surface area contributed by atoms with Crippen LogP contribution in [0.2, 0.25) is 0 Å².